The third-order valence-electron chi connectivity index (χ3n) is 3.34. The van der Waals surface area contributed by atoms with Gasteiger partial charge in [0.25, 0.3) is 0 Å². The first-order valence-electron chi connectivity index (χ1n) is 7.41. The average Bonchev–Trinajstić information content (AvgIpc) is 2.95. The van der Waals surface area contributed by atoms with Crippen molar-refractivity contribution >= 4 is 11.8 Å². The topological polar surface area (TPSA) is 53.1 Å². The summed E-state index contributed by atoms with van der Waals surface area (Å²) >= 11 is 0. The predicted molar refractivity (Wildman–Crippen MR) is 79.6 cm³/mol. The van der Waals surface area contributed by atoms with Gasteiger partial charge in [0.15, 0.2) is 0 Å². The highest BCUT2D eigenvalue weighted by Gasteiger charge is 2.10. The molecular formula is C14H25N5. The van der Waals surface area contributed by atoms with Gasteiger partial charge in [0.1, 0.15) is 5.82 Å². The monoisotopic (exact) mass is 263 g/mol. The van der Waals surface area contributed by atoms with Crippen LogP contribution in [0.15, 0.2) is 12.3 Å². The molecule has 0 spiro atoms. The van der Waals surface area contributed by atoms with Crippen LogP contribution in [0.2, 0.25) is 0 Å². The highest BCUT2D eigenvalue weighted by atomic mass is 15.1. The number of hydrogen-bond acceptors (Lipinski definition) is 5. The van der Waals surface area contributed by atoms with Crippen molar-refractivity contribution in [2.75, 3.05) is 43.4 Å². The molecule has 0 radical (unpaired) electrons. The van der Waals surface area contributed by atoms with Gasteiger partial charge < -0.3 is 15.5 Å². The Morgan fingerprint density at radius 2 is 2.05 bits per heavy atom. The summed E-state index contributed by atoms with van der Waals surface area (Å²) in [6.45, 7) is 7.77. The van der Waals surface area contributed by atoms with Crippen LogP contribution in [0.1, 0.15) is 32.6 Å². The van der Waals surface area contributed by atoms with E-state index in [0.29, 0.717) is 5.95 Å². The first kappa shape index (κ1) is 14.1. The Bertz CT molecular complexity index is 363. The molecule has 0 saturated carbocycles. The van der Waals surface area contributed by atoms with Gasteiger partial charge in [-0.25, -0.2) is 4.98 Å². The summed E-state index contributed by atoms with van der Waals surface area (Å²) in [6, 6.07) is 1.92. The lowest BCUT2D eigenvalue weighted by molar-refractivity contribution is 0.337. The molecule has 1 aromatic heterocycles. The lowest BCUT2D eigenvalue weighted by Crippen LogP contribution is -2.22. The van der Waals surface area contributed by atoms with Crippen molar-refractivity contribution in [3.8, 4) is 0 Å². The van der Waals surface area contributed by atoms with Gasteiger partial charge >= 0.3 is 0 Å². The van der Waals surface area contributed by atoms with Crippen molar-refractivity contribution < 1.29 is 0 Å². The van der Waals surface area contributed by atoms with Crippen LogP contribution in [0, 0.1) is 0 Å². The van der Waals surface area contributed by atoms with Crippen molar-refractivity contribution in [2.24, 2.45) is 0 Å². The predicted octanol–water partition coefficient (Wildman–Crippen LogP) is 2.20. The molecule has 1 saturated heterocycles. The fraction of sp³-hybridized carbons (Fsp3) is 0.714. The first-order chi connectivity index (χ1) is 9.38. The van der Waals surface area contributed by atoms with E-state index in [2.05, 4.69) is 32.4 Å². The third-order valence-corrected chi connectivity index (χ3v) is 3.34. The number of hydrogen-bond donors (Lipinski definition) is 2. The molecule has 2 rings (SSSR count). The third kappa shape index (κ3) is 5.03. The molecule has 0 amide bonds. The molecule has 2 N–H and O–H groups in total. The van der Waals surface area contributed by atoms with E-state index >= 15 is 0 Å². The molecule has 19 heavy (non-hydrogen) atoms. The molecule has 5 nitrogen and oxygen atoms in total. The van der Waals surface area contributed by atoms with E-state index < -0.39 is 0 Å². The van der Waals surface area contributed by atoms with Gasteiger partial charge in [-0.3, -0.25) is 0 Å². The second-order valence-corrected chi connectivity index (χ2v) is 5.02. The van der Waals surface area contributed by atoms with E-state index in [4.69, 9.17) is 0 Å². The van der Waals surface area contributed by atoms with Crippen molar-refractivity contribution in [1.29, 1.82) is 0 Å². The zero-order valence-electron chi connectivity index (χ0n) is 11.9. The molecular weight excluding hydrogens is 238 g/mol. The maximum atomic E-state index is 4.43. The summed E-state index contributed by atoms with van der Waals surface area (Å²) in [7, 11) is 0. The van der Waals surface area contributed by atoms with Gasteiger partial charge in [-0.05, 0) is 51.4 Å². The second kappa shape index (κ2) is 7.94. The zero-order valence-corrected chi connectivity index (χ0v) is 11.9. The summed E-state index contributed by atoms with van der Waals surface area (Å²) in [5.41, 5.74) is 0. The maximum absolute atomic E-state index is 4.43. The van der Waals surface area contributed by atoms with Crippen LogP contribution < -0.4 is 10.6 Å². The van der Waals surface area contributed by atoms with E-state index in [1.54, 1.807) is 6.20 Å². The van der Waals surface area contributed by atoms with Crippen LogP contribution in [0.3, 0.4) is 0 Å². The van der Waals surface area contributed by atoms with Crippen molar-refractivity contribution in [3.63, 3.8) is 0 Å². The normalized spacial score (nSPS) is 15.6. The van der Waals surface area contributed by atoms with Crippen LogP contribution in [-0.2, 0) is 0 Å². The van der Waals surface area contributed by atoms with Crippen LogP contribution >= 0.6 is 0 Å². The van der Waals surface area contributed by atoms with E-state index in [0.717, 1.165) is 25.3 Å². The standard InChI is InChI=1S/C14H25N5/c1-2-7-16-14-17-9-6-13(18-14)15-8-5-12-19-10-3-4-11-19/h6,9H,2-5,7-8,10-12H2,1H3,(H2,15,16,17,18). The van der Waals surface area contributed by atoms with Gasteiger partial charge in [0.2, 0.25) is 5.95 Å². The fourth-order valence-corrected chi connectivity index (χ4v) is 2.30. The minimum Gasteiger partial charge on any atom is -0.370 e. The van der Waals surface area contributed by atoms with Gasteiger partial charge in [-0.2, -0.15) is 4.98 Å². The molecule has 1 aromatic rings. The van der Waals surface area contributed by atoms with Gasteiger partial charge in [0, 0.05) is 19.3 Å². The summed E-state index contributed by atoms with van der Waals surface area (Å²) in [5.74, 6) is 1.63. The molecule has 0 unspecified atom stereocenters. The van der Waals surface area contributed by atoms with E-state index in [9.17, 15) is 0 Å². The minimum atomic E-state index is 0.714. The number of anilines is 2. The van der Waals surface area contributed by atoms with E-state index in [1.807, 2.05) is 6.07 Å². The number of nitrogens with zero attached hydrogens (tertiary/aromatic N) is 3. The number of rotatable bonds is 8. The Morgan fingerprint density at radius 1 is 1.21 bits per heavy atom. The smallest absolute Gasteiger partial charge is 0.224 e. The Balaban J connectivity index is 1.66. The Labute approximate surface area is 115 Å². The van der Waals surface area contributed by atoms with Gasteiger partial charge in [-0.15, -0.1) is 0 Å². The molecule has 1 aliphatic rings. The van der Waals surface area contributed by atoms with Gasteiger partial charge in [0.05, 0.1) is 0 Å². The fourth-order valence-electron chi connectivity index (χ4n) is 2.30. The average molecular weight is 263 g/mol. The quantitative estimate of drug-likeness (QED) is 0.704. The molecule has 2 heterocycles. The summed E-state index contributed by atoms with van der Waals surface area (Å²) < 4.78 is 0. The summed E-state index contributed by atoms with van der Waals surface area (Å²) in [5, 5.41) is 6.57. The maximum Gasteiger partial charge on any atom is 0.224 e. The molecule has 1 fully saturated rings. The van der Waals surface area contributed by atoms with Crippen LogP contribution in [0.4, 0.5) is 11.8 Å². The second-order valence-electron chi connectivity index (χ2n) is 5.02. The van der Waals surface area contributed by atoms with Crippen LogP contribution in [0.25, 0.3) is 0 Å². The molecule has 5 heteroatoms. The van der Waals surface area contributed by atoms with Gasteiger partial charge in [-0.1, -0.05) is 6.92 Å². The number of likely N-dealkylation sites (tertiary alicyclic amines) is 1. The number of nitrogens with one attached hydrogen (secondary N) is 2. The molecule has 0 aliphatic carbocycles. The summed E-state index contributed by atoms with van der Waals surface area (Å²) in [6.07, 6.45) is 6.78. The Morgan fingerprint density at radius 3 is 2.84 bits per heavy atom. The number of aromatic nitrogens is 2. The van der Waals surface area contributed by atoms with Crippen LogP contribution in [0.5, 0.6) is 0 Å². The minimum absolute atomic E-state index is 0.714. The largest absolute Gasteiger partial charge is 0.370 e. The van der Waals surface area contributed by atoms with Crippen molar-refractivity contribution in [3.05, 3.63) is 12.3 Å². The first-order valence-corrected chi connectivity index (χ1v) is 7.41. The van der Waals surface area contributed by atoms with Crippen LogP contribution in [-0.4, -0.2) is 47.6 Å². The molecule has 106 valence electrons. The Kier molecular flexibility index (Phi) is 5.88. The van der Waals surface area contributed by atoms with E-state index in [-0.39, 0.29) is 0 Å². The zero-order chi connectivity index (χ0) is 13.3. The summed E-state index contributed by atoms with van der Waals surface area (Å²) in [4.78, 5) is 11.2. The SMILES string of the molecule is CCCNc1nccc(NCCCN2CCCC2)n1. The van der Waals surface area contributed by atoms with Crippen molar-refractivity contribution in [1.82, 2.24) is 14.9 Å². The highest BCUT2D eigenvalue weighted by molar-refractivity contribution is 5.39. The molecule has 0 bridgehead atoms. The molecule has 0 aromatic carbocycles. The molecule has 1 aliphatic heterocycles. The lowest BCUT2D eigenvalue weighted by atomic mass is 10.4. The Hall–Kier alpha value is -1.36. The highest BCUT2D eigenvalue weighted by Crippen LogP contribution is 2.08. The lowest BCUT2D eigenvalue weighted by Gasteiger charge is -2.14. The molecule has 0 atom stereocenters. The van der Waals surface area contributed by atoms with E-state index in [1.165, 1.54) is 38.9 Å². The van der Waals surface area contributed by atoms with Crippen molar-refractivity contribution in [2.45, 2.75) is 32.6 Å².